The van der Waals surface area contributed by atoms with Gasteiger partial charge >= 0.3 is 5.97 Å². The molecule has 0 bridgehead atoms. The number of halogens is 1. The molecule has 1 aromatic heterocycles. The highest BCUT2D eigenvalue weighted by Crippen LogP contribution is 2.35. The minimum Gasteiger partial charge on any atom is -0.496 e. The Hall–Kier alpha value is -4.46. The Balaban J connectivity index is 1.91. The predicted octanol–water partition coefficient (Wildman–Crippen LogP) is 4.17. The van der Waals surface area contributed by atoms with Crippen molar-refractivity contribution in [2.24, 2.45) is 0 Å². The molecule has 4 rings (SSSR count). The van der Waals surface area contributed by atoms with E-state index in [0.717, 1.165) is 0 Å². The van der Waals surface area contributed by atoms with Crippen molar-refractivity contribution in [3.8, 4) is 11.5 Å². The smallest absolute Gasteiger partial charge is 0.343 e. The first-order chi connectivity index (χ1) is 15.9. The predicted molar refractivity (Wildman–Crippen MR) is 122 cm³/mol. The van der Waals surface area contributed by atoms with E-state index in [1.807, 2.05) is 0 Å². The van der Waals surface area contributed by atoms with Crippen LogP contribution in [0.4, 0.5) is 10.1 Å². The molecule has 7 nitrogen and oxygen atoms in total. The lowest BCUT2D eigenvalue weighted by Crippen LogP contribution is -2.33. The summed E-state index contributed by atoms with van der Waals surface area (Å²) in [6.07, 6.45) is 0. The van der Waals surface area contributed by atoms with E-state index in [1.54, 1.807) is 48.5 Å². The largest absolute Gasteiger partial charge is 0.496 e. The van der Waals surface area contributed by atoms with Crippen LogP contribution in [0.2, 0.25) is 0 Å². The summed E-state index contributed by atoms with van der Waals surface area (Å²) in [7, 11) is 2.86. The van der Waals surface area contributed by atoms with Crippen LogP contribution in [0.15, 0.2) is 77.6 Å². The first kappa shape index (κ1) is 21.8. The fraction of sp³-hybridized carbons (Fsp3) is 0.0800. The molecule has 0 unspecified atom stereocenters. The molecule has 0 aliphatic heterocycles. The van der Waals surface area contributed by atoms with E-state index >= 15 is 0 Å². The van der Waals surface area contributed by atoms with Crippen molar-refractivity contribution in [2.45, 2.75) is 0 Å². The highest BCUT2D eigenvalue weighted by Gasteiger charge is 2.28. The minimum atomic E-state index is -0.745. The molecule has 0 atom stereocenters. The SMILES string of the molecule is COc1cccc2[nH]c(=O)c(C(=O)N(C)c3ccc(F)cc3)c(OC(=O)c3ccccc3)c12. The van der Waals surface area contributed by atoms with Crippen molar-refractivity contribution in [1.29, 1.82) is 0 Å². The number of benzene rings is 3. The topological polar surface area (TPSA) is 88.7 Å². The highest BCUT2D eigenvalue weighted by atomic mass is 19.1. The molecule has 1 amide bonds. The second-order valence-electron chi connectivity index (χ2n) is 7.14. The average molecular weight is 446 g/mol. The molecule has 0 saturated heterocycles. The molecule has 3 aromatic carbocycles. The summed E-state index contributed by atoms with van der Waals surface area (Å²) in [6.45, 7) is 0. The number of anilines is 1. The Bertz CT molecular complexity index is 1400. The number of rotatable bonds is 5. The number of pyridine rings is 1. The lowest BCUT2D eigenvalue weighted by Gasteiger charge is -2.20. The maximum atomic E-state index is 13.4. The molecule has 0 saturated carbocycles. The molecule has 33 heavy (non-hydrogen) atoms. The minimum absolute atomic E-state index is 0.223. The number of hydrogen-bond donors (Lipinski definition) is 1. The molecule has 166 valence electrons. The Morgan fingerprint density at radius 1 is 0.939 bits per heavy atom. The average Bonchev–Trinajstić information content (AvgIpc) is 2.83. The van der Waals surface area contributed by atoms with Crippen LogP contribution < -0.4 is 19.9 Å². The number of aromatic amines is 1. The third kappa shape index (κ3) is 4.18. The number of amides is 1. The van der Waals surface area contributed by atoms with Crippen molar-refractivity contribution in [3.63, 3.8) is 0 Å². The van der Waals surface area contributed by atoms with Crippen molar-refractivity contribution < 1.29 is 23.5 Å². The van der Waals surface area contributed by atoms with Gasteiger partial charge in [-0.2, -0.15) is 0 Å². The number of methoxy groups -OCH3 is 1. The summed E-state index contributed by atoms with van der Waals surface area (Å²) >= 11 is 0. The number of esters is 1. The summed E-state index contributed by atoms with van der Waals surface area (Å²) in [4.78, 5) is 43.1. The Labute approximate surface area is 188 Å². The molecule has 0 aliphatic rings. The number of fused-ring (bicyclic) bond motifs is 1. The van der Waals surface area contributed by atoms with Crippen molar-refractivity contribution in [3.05, 3.63) is 100 Å². The fourth-order valence-electron chi connectivity index (χ4n) is 3.42. The van der Waals surface area contributed by atoms with Crippen molar-refractivity contribution >= 4 is 28.5 Å². The number of hydrogen-bond acceptors (Lipinski definition) is 5. The van der Waals surface area contributed by atoms with E-state index in [2.05, 4.69) is 4.98 Å². The number of aromatic nitrogens is 1. The molecule has 1 N–H and O–H groups in total. The summed E-state index contributed by atoms with van der Waals surface area (Å²) in [5.41, 5.74) is -0.211. The van der Waals surface area contributed by atoms with Crippen LogP contribution in [0, 0.1) is 5.82 Å². The van der Waals surface area contributed by atoms with Gasteiger partial charge in [-0.05, 0) is 48.5 Å². The van der Waals surface area contributed by atoms with Crippen LogP contribution in [0.1, 0.15) is 20.7 Å². The molecular formula is C25H19FN2O5. The zero-order chi connectivity index (χ0) is 23.5. The molecule has 1 heterocycles. The summed E-state index contributed by atoms with van der Waals surface area (Å²) in [5.74, 6) is -1.87. The van der Waals surface area contributed by atoms with Crippen molar-refractivity contribution in [1.82, 2.24) is 4.98 Å². The highest BCUT2D eigenvalue weighted by molar-refractivity contribution is 6.12. The lowest BCUT2D eigenvalue weighted by atomic mass is 10.1. The van der Waals surface area contributed by atoms with Crippen LogP contribution in [0.25, 0.3) is 10.9 Å². The Kier molecular flexibility index (Phi) is 5.91. The van der Waals surface area contributed by atoms with Gasteiger partial charge in [-0.3, -0.25) is 9.59 Å². The number of carbonyl (C=O) groups excluding carboxylic acids is 2. The van der Waals surface area contributed by atoms with Gasteiger partial charge in [0.1, 0.15) is 17.1 Å². The summed E-state index contributed by atoms with van der Waals surface area (Å²) in [5, 5.41) is 0.264. The van der Waals surface area contributed by atoms with Gasteiger partial charge in [0, 0.05) is 12.7 Å². The van der Waals surface area contributed by atoms with E-state index in [9.17, 15) is 18.8 Å². The van der Waals surface area contributed by atoms with Gasteiger partial charge in [-0.15, -0.1) is 0 Å². The summed E-state index contributed by atoms with van der Waals surface area (Å²) in [6, 6.07) is 18.3. The molecular weight excluding hydrogens is 427 g/mol. The first-order valence-electron chi connectivity index (χ1n) is 9.94. The fourth-order valence-corrected chi connectivity index (χ4v) is 3.42. The second kappa shape index (κ2) is 8.96. The lowest BCUT2D eigenvalue weighted by molar-refractivity contribution is 0.0734. The molecule has 0 spiro atoms. The standard InChI is InChI=1S/C25H19FN2O5/c1-28(17-13-11-16(26)12-14-17)24(30)21-22(33-25(31)15-7-4-3-5-8-15)20-18(27-23(21)29)9-6-10-19(20)32-2/h3-14H,1-2H3,(H,27,29). The Morgan fingerprint density at radius 3 is 2.30 bits per heavy atom. The maximum absolute atomic E-state index is 13.4. The summed E-state index contributed by atoms with van der Waals surface area (Å²) < 4.78 is 24.4. The maximum Gasteiger partial charge on any atom is 0.343 e. The number of ether oxygens (including phenoxy) is 2. The van der Waals surface area contributed by atoms with Gasteiger partial charge in [0.05, 0.1) is 23.6 Å². The zero-order valence-corrected chi connectivity index (χ0v) is 17.8. The number of nitrogens with one attached hydrogen (secondary N) is 1. The zero-order valence-electron chi connectivity index (χ0n) is 17.8. The normalized spacial score (nSPS) is 10.6. The Morgan fingerprint density at radius 2 is 1.64 bits per heavy atom. The third-order valence-corrected chi connectivity index (χ3v) is 5.11. The van der Waals surface area contributed by atoms with Crippen LogP contribution >= 0.6 is 0 Å². The second-order valence-corrected chi connectivity index (χ2v) is 7.14. The van der Waals surface area contributed by atoms with Gasteiger partial charge in [-0.25, -0.2) is 9.18 Å². The quantitative estimate of drug-likeness (QED) is 0.465. The molecule has 0 fully saturated rings. The number of carbonyl (C=O) groups is 2. The van der Waals surface area contributed by atoms with Crippen LogP contribution in [0.5, 0.6) is 11.5 Å². The van der Waals surface area contributed by atoms with Gasteiger partial charge in [-0.1, -0.05) is 24.3 Å². The van der Waals surface area contributed by atoms with Crippen LogP contribution in [-0.4, -0.2) is 31.0 Å². The molecule has 0 aliphatic carbocycles. The molecule has 8 heteroatoms. The monoisotopic (exact) mass is 446 g/mol. The third-order valence-electron chi connectivity index (χ3n) is 5.11. The van der Waals surface area contributed by atoms with E-state index in [-0.39, 0.29) is 22.3 Å². The van der Waals surface area contributed by atoms with E-state index in [1.165, 1.54) is 43.3 Å². The van der Waals surface area contributed by atoms with Crippen molar-refractivity contribution in [2.75, 3.05) is 19.1 Å². The van der Waals surface area contributed by atoms with Crippen LogP contribution in [-0.2, 0) is 0 Å². The van der Waals surface area contributed by atoms with Gasteiger partial charge < -0.3 is 19.4 Å². The van der Waals surface area contributed by atoms with E-state index in [4.69, 9.17) is 9.47 Å². The first-order valence-corrected chi connectivity index (χ1v) is 9.94. The van der Waals surface area contributed by atoms with Gasteiger partial charge in [0.25, 0.3) is 11.5 Å². The molecule has 0 radical (unpaired) electrons. The van der Waals surface area contributed by atoms with Gasteiger partial charge in [0.15, 0.2) is 5.75 Å². The number of H-pyrrole nitrogens is 1. The van der Waals surface area contributed by atoms with Crippen LogP contribution in [0.3, 0.4) is 0 Å². The van der Waals surface area contributed by atoms with E-state index in [0.29, 0.717) is 17.0 Å². The molecule has 4 aromatic rings. The van der Waals surface area contributed by atoms with Gasteiger partial charge in [0.2, 0.25) is 0 Å². The number of nitrogens with zero attached hydrogens (tertiary/aromatic N) is 1. The van der Waals surface area contributed by atoms with E-state index < -0.39 is 23.3 Å².